The van der Waals surface area contributed by atoms with E-state index in [0.29, 0.717) is 0 Å². The Balaban J connectivity index is 1.93. The summed E-state index contributed by atoms with van der Waals surface area (Å²) in [5, 5.41) is 9.26. The van der Waals surface area contributed by atoms with E-state index in [9.17, 15) is 5.26 Å². The first-order valence-corrected chi connectivity index (χ1v) is 8.12. The van der Waals surface area contributed by atoms with E-state index in [0.717, 1.165) is 36.9 Å². The first-order chi connectivity index (χ1) is 8.67. The first-order valence-electron chi connectivity index (χ1n) is 6.11. The molecule has 96 valence electrons. The fraction of sp³-hybridized carbons (Fsp3) is 0.500. The van der Waals surface area contributed by atoms with Crippen molar-refractivity contribution in [1.82, 2.24) is 4.90 Å². The van der Waals surface area contributed by atoms with Crippen LogP contribution in [0.15, 0.2) is 28.7 Å². The number of likely N-dealkylation sites (tertiary alicyclic amines) is 1. The highest BCUT2D eigenvalue weighted by Crippen LogP contribution is 2.34. The predicted octanol–water partition coefficient (Wildman–Crippen LogP) is 3.67. The molecule has 0 unspecified atom stereocenters. The molecule has 0 aliphatic carbocycles. The van der Waals surface area contributed by atoms with Gasteiger partial charge in [0.2, 0.25) is 0 Å². The summed E-state index contributed by atoms with van der Waals surface area (Å²) < 4.78 is 0.987. The van der Waals surface area contributed by atoms with Crippen molar-refractivity contribution in [2.45, 2.75) is 24.1 Å². The molecular weight excluding hydrogens is 308 g/mol. The van der Waals surface area contributed by atoms with Crippen LogP contribution in [-0.4, -0.2) is 29.0 Å². The van der Waals surface area contributed by atoms with Gasteiger partial charge in [-0.15, -0.1) is 11.8 Å². The summed E-state index contributed by atoms with van der Waals surface area (Å²) in [7, 11) is 0. The summed E-state index contributed by atoms with van der Waals surface area (Å²) in [6, 6.07) is 10.9. The zero-order chi connectivity index (χ0) is 13.0. The van der Waals surface area contributed by atoms with Gasteiger partial charge in [-0.1, -0.05) is 28.1 Å². The zero-order valence-electron chi connectivity index (χ0n) is 10.5. The molecule has 1 fully saturated rings. The molecule has 0 saturated carbocycles. The zero-order valence-corrected chi connectivity index (χ0v) is 12.9. The molecule has 1 aliphatic heterocycles. The highest BCUT2D eigenvalue weighted by Gasteiger charge is 2.33. The minimum absolute atomic E-state index is 0.145. The number of hydrogen-bond acceptors (Lipinski definition) is 3. The van der Waals surface area contributed by atoms with Crippen LogP contribution in [0, 0.1) is 11.3 Å². The van der Waals surface area contributed by atoms with Crippen LogP contribution in [0.4, 0.5) is 0 Å². The molecular formula is C14H17BrN2S. The van der Waals surface area contributed by atoms with Crippen LogP contribution in [0.2, 0.25) is 0 Å². The highest BCUT2D eigenvalue weighted by atomic mass is 79.9. The predicted molar refractivity (Wildman–Crippen MR) is 80.5 cm³/mol. The van der Waals surface area contributed by atoms with Gasteiger partial charge in [0.1, 0.15) is 4.75 Å². The quantitative estimate of drug-likeness (QED) is 0.848. The maximum atomic E-state index is 9.26. The largest absolute Gasteiger partial charge is 0.299 e. The lowest BCUT2D eigenvalue weighted by Crippen LogP contribution is -2.41. The molecule has 0 N–H and O–H groups in total. The fourth-order valence-electron chi connectivity index (χ4n) is 2.33. The molecule has 2 nitrogen and oxygen atoms in total. The van der Waals surface area contributed by atoms with E-state index in [4.69, 9.17) is 0 Å². The van der Waals surface area contributed by atoms with Crippen molar-refractivity contribution in [2.24, 2.45) is 0 Å². The van der Waals surface area contributed by atoms with Gasteiger partial charge >= 0.3 is 0 Å². The maximum Gasteiger partial charge on any atom is 0.104 e. The molecule has 0 atom stereocenters. The molecule has 1 aromatic rings. The minimum atomic E-state index is -0.145. The van der Waals surface area contributed by atoms with Crippen LogP contribution in [0.5, 0.6) is 0 Å². The molecule has 0 spiro atoms. The lowest BCUT2D eigenvalue weighted by atomic mass is 9.97. The topological polar surface area (TPSA) is 27.0 Å². The Labute approximate surface area is 121 Å². The average Bonchev–Trinajstić information content (AvgIpc) is 2.40. The Morgan fingerprint density at radius 3 is 2.72 bits per heavy atom. The molecule has 0 bridgehead atoms. The van der Waals surface area contributed by atoms with E-state index in [1.807, 2.05) is 12.3 Å². The van der Waals surface area contributed by atoms with Gasteiger partial charge in [-0.25, -0.2) is 0 Å². The van der Waals surface area contributed by atoms with E-state index >= 15 is 0 Å². The molecule has 0 radical (unpaired) electrons. The standard InChI is InChI=1S/C14H17BrN2S/c1-18-14(11-16)5-7-17(8-6-14)10-12-3-2-4-13(15)9-12/h2-4,9H,5-8,10H2,1H3. The van der Waals surface area contributed by atoms with Gasteiger partial charge in [-0.3, -0.25) is 4.90 Å². The molecule has 2 rings (SSSR count). The Morgan fingerprint density at radius 1 is 1.44 bits per heavy atom. The Bertz CT molecular complexity index is 447. The summed E-state index contributed by atoms with van der Waals surface area (Å²) in [6.45, 7) is 3.01. The second-order valence-electron chi connectivity index (χ2n) is 4.72. The fourth-order valence-corrected chi connectivity index (χ4v) is 3.46. The van der Waals surface area contributed by atoms with Crippen molar-refractivity contribution in [2.75, 3.05) is 19.3 Å². The number of piperidine rings is 1. The minimum Gasteiger partial charge on any atom is -0.299 e. The monoisotopic (exact) mass is 324 g/mol. The third kappa shape index (κ3) is 3.28. The third-order valence-electron chi connectivity index (χ3n) is 3.55. The summed E-state index contributed by atoms with van der Waals surface area (Å²) in [5.74, 6) is 0. The Kier molecular flexibility index (Phi) is 4.71. The first kappa shape index (κ1) is 13.9. The highest BCUT2D eigenvalue weighted by molar-refractivity contribution is 9.10. The van der Waals surface area contributed by atoms with Gasteiger partial charge in [-0.2, -0.15) is 5.26 Å². The number of rotatable bonds is 3. The van der Waals surface area contributed by atoms with Crippen LogP contribution in [-0.2, 0) is 6.54 Å². The Morgan fingerprint density at radius 2 is 2.17 bits per heavy atom. The third-order valence-corrected chi connectivity index (χ3v) is 5.33. The summed E-state index contributed by atoms with van der Waals surface area (Å²) in [4.78, 5) is 2.44. The molecule has 0 aromatic heterocycles. The maximum absolute atomic E-state index is 9.26. The number of hydrogen-bond donors (Lipinski definition) is 0. The second kappa shape index (κ2) is 6.10. The number of benzene rings is 1. The van der Waals surface area contributed by atoms with Crippen molar-refractivity contribution in [1.29, 1.82) is 5.26 Å². The van der Waals surface area contributed by atoms with E-state index in [2.05, 4.69) is 45.1 Å². The van der Waals surface area contributed by atoms with Crippen molar-refractivity contribution < 1.29 is 0 Å². The normalized spacial score (nSPS) is 19.4. The molecule has 18 heavy (non-hydrogen) atoms. The van der Waals surface area contributed by atoms with Gasteiger partial charge < -0.3 is 0 Å². The van der Waals surface area contributed by atoms with Crippen LogP contribution in [0.25, 0.3) is 0 Å². The van der Waals surface area contributed by atoms with E-state index in [1.54, 1.807) is 11.8 Å². The van der Waals surface area contributed by atoms with Crippen LogP contribution in [0.1, 0.15) is 18.4 Å². The number of thioether (sulfide) groups is 1. The number of nitrogens with zero attached hydrogens (tertiary/aromatic N) is 2. The lowest BCUT2D eigenvalue weighted by Gasteiger charge is -2.36. The van der Waals surface area contributed by atoms with Crippen LogP contribution < -0.4 is 0 Å². The smallest absolute Gasteiger partial charge is 0.104 e. The van der Waals surface area contributed by atoms with Gasteiger partial charge in [0, 0.05) is 24.1 Å². The number of nitriles is 1. The van der Waals surface area contributed by atoms with Gasteiger partial charge in [0.15, 0.2) is 0 Å². The van der Waals surface area contributed by atoms with Crippen molar-refractivity contribution in [3.05, 3.63) is 34.3 Å². The summed E-state index contributed by atoms with van der Waals surface area (Å²) in [5.41, 5.74) is 1.33. The average molecular weight is 325 g/mol. The van der Waals surface area contributed by atoms with Crippen LogP contribution in [0.3, 0.4) is 0 Å². The van der Waals surface area contributed by atoms with E-state index < -0.39 is 0 Å². The second-order valence-corrected chi connectivity index (χ2v) is 6.82. The van der Waals surface area contributed by atoms with Gasteiger partial charge in [0.25, 0.3) is 0 Å². The lowest BCUT2D eigenvalue weighted by molar-refractivity contribution is 0.209. The number of halogens is 1. The summed E-state index contributed by atoms with van der Waals surface area (Å²) >= 11 is 5.21. The SMILES string of the molecule is CSC1(C#N)CCN(Cc2cccc(Br)c2)CC1. The van der Waals surface area contributed by atoms with Crippen molar-refractivity contribution in [3.63, 3.8) is 0 Å². The molecule has 0 amide bonds. The van der Waals surface area contributed by atoms with Gasteiger partial charge in [-0.05, 0) is 36.8 Å². The molecule has 4 heteroatoms. The van der Waals surface area contributed by atoms with Crippen molar-refractivity contribution in [3.8, 4) is 6.07 Å². The van der Waals surface area contributed by atoms with Crippen LogP contribution >= 0.6 is 27.7 Å². The van der Waals surface area contributed by atoms with E-state index in [1.165, 1.54) is 5.56 Å². The van der Waals surface area contributed by atoms with Crippen molar-refractivity contribution >= 4 is 27.7 Å². The van der Waals surface area contributed by atoms with E-state index in [-0.39, 0.29) is 4.75 Å². The molecule has 1 saturated heterocycles. The Hall–Kier alpha value is -0.500. The molecule has 1 heterocycles. The molecule has 1 aliphatic rings. The summed E-state index contributed by atoms with van der Waals surface area (Å²) in [6.07, 6.45) is 3.99. The molecule has 1 aromatic carbocycles. The van der Waals surface area contributed by atoms with Gasteiger partial charge in [0.05, 0.1) is 6.07 Å².